The summed E-state index contributed by atoms with van der Waals surface area (Å²) in [7, 11) is -0.821. The van der Waals surface area contributed by atoms with Crippen molar-refractivity contribution in [2.45, 2.75) is 90.6 Å². The number of carbonyl (C=O) groups excluding carboxylic acids is 4. The highest BCUT2D eigenvalue weighted by Gasteiger charge is 2.44. The average molecular weight is 1140 g/mol. The summed E-state index contributed by atoms with van der Waals surface area (Å²) >= 11 is 8.15. The van der Waals surface area contributed by atoms with E-state index in [-0.39, 0.29) is 57.8 Å². The predicted molar refractivity (Wildman–Crippen MR) is 308 cm³/mol. The molecule has 3 aliphatic rings. The summed E-state index contributed by atoms with van der Waals surface area (Å²) in [6, 6.07) is 20.4. The predicted octanol–water partition coefficient (Wildman–Crippen LogP) is 5.96. The Balaban J connectivity index is 0.718. The van der Waals surface area contributed by atoms with Crippen molar-refractivity contribution in [2.24, 2.45) is 5.41 Å². The number of nitrogens with zero attached hydrogens (tertiary/aromatic N) is 7. The van der Waals surface area contributed by atoms with Gasteiger partial charge in [0.05, 0.1) is 53.2 Å². The molecule has 0 saturated carbocycles. The molecular weight excluding hydrogens is 1070 g/mol. The number of methoxy groups -OCH3 is 1. The first-order valence-corrected chi connectivity index (χ1v) is 30.9. The molecule has 2 aromatic heterocycles. The number of aryl methyl sites for hydroxylation is 1. The topological polar surface area (TPSA) is 209 Å². The standard InChI is InChI=1S/C58H75ClN9O9PS/c1-38-54(79-37-62-38)40-14-12-39(13-15-40)32-61-56(72)48-31-45(69)34-68(48)57(73)55(58(2,3)4)64-52(70)35-76-26-27-77-36-53(71)67-24-22-66(23-25-67)43-18-20-65(21-19-43)44-17-16-41(49(30-44)75-5)29-51-60-33-46(59)47(63-51)28-42-10-8-9-11-50(42)78(6,7)74/h8-17,30,33,37,43,45,48,55,69H,18-29,31-32,34-36H2,1-7H3,(H,61,72)(H,64,70)/t45-,48+,55-/m1/s1. The smallest absolute Gasteiger partial charge is 0.248 e. The maximum absolute atomic E-state index is 14.0. The molecular formula is C58H75ClN9O9PS. The van der Waals surface area contributed by atoms with Gasteiger partial charge in [0.2, 0.25) is 23.6 Å². The van der Waals surface area contributed by atoms with E-state index in [1.165, 1.54) is 4.90 Å². The first kappa shape index (κ1) is 59.3. The fourth-order valence-corrected chi connectivity index (χ4v) is 12.9. The van der Waals surface area contributed by atoms with Crippen LogP contribution in [0.1, 0.15) is 73.9 Å². The van der Waals surface area contributed by atoms with Crippen LogP contribution in [-0.4, -0.2) is 175 Å². The molecule has 8 rings (SSSR count). The van der Waals surface area contributed by atoms with Gasteiger partial charge in [-0.3, -0.25) is 24.1 Å². The van der Waals surface area contributed by atoms with Gasteiger partial charge >= 0.3 is 0 Å². The Morgan fingerprint density at radius 2 is 1.61 bits per heavy atom. The molecule has 3 aliphatic heterocycles. The summed E-state index contributed by atoms with van der Waals surface area (Å²) in [6.07, 6.45) is 3.74. The van der Waals surface area contributed by atoms with E-state index < -0.39 is 42.6 Å². The quantitative estimate of drug-likeness (QED) is 0.0573. The van der Waals surface area contributed by atoms with Crippen LogP contribution in [0.25, 0.3) is 10.4 Å². The first-order chi connectivity index (χ1) is 37.7. The van der Waals surface area contributed by atoms with E-state index in [0.29, 0.717) is 48.5 Å². The van der Waals surface area contributed by atoms with Gasteiger partial charge in [0.25, 0.3) is 0 Å². The number of aromatic nitrogens is 3. The number of piperazine rings is 1. The largest absolute Gasteiger partial charge is 0.496 e. The van der Waals surface area contributed by atoms with Crippen LogP contribution in [0.2, 0.25) is 5.02 Å². The van der Waals surface area contributed by atoms with Crippen LogP contribution < -0.4 is 25.6 Å². The molecule has 424 valence electrons. The summed E-state index contributed by atoms with van der Waals surface area (Å²) in [6.45, 7) is 15.5. The third-order valence-corrected chi connectivity index (χ3v) is 17.9. The zero-order valence-electron chi connectivity index (χ0n) is 46.4. The number of benzene rings is 3. The highest BCUT2D eigenvalue weighted by atomic mass is 35.5. The Hall–Kier alpha value is -5.79. The number of anilines is 1. The number of amides is 4. The molecule has 18 nitrogen and oxygen atoms in total. The third kappa shape index (κ3) is 15.6. The number of ether oxygens (including phenoxy) is 3. The second-order valence-electron chi connectivity index (χ2n) is 22.1. The number of aliphatic hydroxyl groups is 1. The lowest BCUT2D eigenvalue weighted by Crippen LogP contribution is -2.58. The first-order valence-electron chi connectivity index (χ1n) is 27.0. The summed E-state index contributed by atoms with van der Waals surface area (Å²) < 4.78 is 30.1. The molecule has 3 N–H and O–H groups in total. The van der Waals surface area contributed by atoms with Crippen LogP contribution in [-0.2, 0) is 52.6 Å². The Labute approximate surface area is 472 Å². The molecule has 0 spiro atoms. The van der Waals surface area contributed by atoms with Crippen LogP contribution in [0.5, 0.6) is 5.75 Å². The summed E-state index contributed by atoms with van der Waals surface area (Å²) in [5.41, 5.74) is 7.66. The number of carbonyl (C=O) groups is 4. The molecule has 0 aliphatic carbocycles. The Bertz CT molecular complexity index is 2970. The highest BCUT2D eigenvalue weighted by Crippen LogP contribution is 2.37. The van der Waals surface area contributed by atoms with E-state index in [2.05, 4.69) is 48.6 Å². The van der Waals surface area contributed by atoms with E-state index in [1.54, 1.807) is 38.0 Å². The summed E-state index contributed by atoms with van der Waals surface area (Å²) in [4.78, 5) is 76.7. The van der Waals surface area contributed by atoms with Gasteiger partial charge in [-0.25, -0.2) is 15.0 Å². The normalized spacial score (nSPS) is 17.9. The number of halogens is 1. The molecule has 5 heterocycles. The average Bonchev–Trinajstić information content (AvgIpc) is 4.19. The van der Waals surface area contributed by atoms with Gasteiger partial charge in [-0.15, -0.1) is 11.3 Å². The number of hydrogen-bond acceptors (Lipinski definition) is 15. The van der Waals surface area contributed by atoms with E-state index in [4.69, 9.17) is 30.8 Å². The summed E-state index contributed by atoms with van der Waals surface area (Å²) in [5, 5.41) is 17.6. The van der Waals surface area contributed by atoms with E-state index in [9.17, 15) is 28.8 Å². The van der Waals surface area contributed by atoms with Crippen molar-refractivity contribution in [2.75, 3.05) is 97.6 Å². The Morgan fingerprint density at radius 1 is 0.899 bits per heavy atom. The fraction of sp³-hybridized carbons (Fsp3) is 0.500. The Kier molecular flexibility index (Phi) is 20.0. The van der Waals surface area contributed by atoms with Crippen LogP contribution >= 0.6 is 30.1 Å². The maximum Gasteiger partial charge on any atom is 0.248 e. The number of β-amino-alcohol motifs (C(OH)–C–C–N with tert-alkyl or cyclic N) is 1. The molecule has 4 amide bonds. The molecule has 3 atom stereocenters. The molecule has 0 radical (unpaired) electrons. The molecule has 79 heavy (non-hydrogen) atoms. The Morgan fingerprint density at radius 3 is 2.28 bits per heavy atom. The van der Waals surface area contributed by atoms with Gasteiger partial charge in [-0.2, -0.15) is 0 Å². The SMILES string of the molecule is COc1cc(N2CCC(N3CCN(C(=O)COCCOCC(=O)N[C@H](C(=O)N4C[C@H](O)C[C@H]4C(=O)NCc4ccc(-c5scnc5C)cc4)C(C)(C)C)CC3)CC2)ccc1Cc1ncc(Cl)c(Cc2ccccc2P(C)(C)=O)n1. The van der Waals surface area contributed by atoms with E-state index in [0.717, 1.165) is 88.6 Å². The maximum atomic E-state index is 14.0. The van der Waals surface area contributed by atoms with Crippen molar-refractivity contribution < 1.29 is 43.1 Å². The van der Waals surface area contributed by atoms with Gasteiger partial charge in [-0.05, 0) is 61.3 Å². The lowest BCUT2D eigenvalue weighted by Gasteiger charge is -2.43. The minimum absolute atomic E-state index is 0.0325. The number of piperidine rings is 1. The number of nitrogens with one attached hydrogen (secondary N) is 2. The van der Waals surface area contributed by atoms with Crippen molar-refractivity contribution >= 4 is 64.7 Å². The van der Waals surface area contributed by atoms with Crippen LogP contribution in [0, 0.1) is 12.3 Å². The number of aliphatic hydroxyl groups excluding tert-OH is 1. The van der Waals surface area contributed by atoms with E-state index >= 15 is 0 Å². The molecule has 3 saturated heterocycles. The zero-order valence-corrected chi connectivity index (χ0v) is 48.9. The molecule has 21 heteroatoms. The third-order valence-electron chi connectivity index (χ3n) is 15.0. The van der Waals surface area contributed by atoms with Gasteiger partial charge in [0, 0.05) is 106 Å². The molecule has 0 unspecified atom stereocenters. The second-order valence-corrected chi connectivity index (χ2v) is 26.5. The van der Waals surface area contributed by atoms with Gasteiger partial charge in [-0.1, -0.05) is 87.0 Å². The number of hydrogen-bond donors (Lipinski definition) is 3. The summed E-state index contributed by atoms with van der Waals surface area (Å²) in [5.74, 6) is -0.0670. The van der Waals surface area contributed by atoms with Crippen LogP contribution in [0.3, 0.4) is 0 Å². The zero-order chi connectivity index (χ0) is 56.4. The lowest BCUT2D eigenvalue weighted by molar-refractivity contribution is -0.144. The van der Waals surface area contributed by atoms with Crippen LogP contribution in [0.15, 0.2) is 78.4 Å². The number of likely N-dealkylation sites (tertiary alicyclic amines) is 1. The second kappa shape index (κ2) is 26.7. The van der Waals surface area contributed by atoms with Crippen molar-refractivity contribution in [3.8, 4) is 16.2 Å². The minimum atomic E-state index is -2.50. The fourth-order valence-electron chi connectivity index (χ4n) is 10.6. The van der Waals surface area contributed by atoms with Crippen molar-refractivity contribution in [3.63, 3.8) is 0 Å². The van der Waals surface area contributed by atoms with Crippen molar-refractivity contribution in [1.29, 1.82) is 0 Å². The monoisotopic (exact) mass is 1140 g/mol. The lowest BCUT2D eigenvalue weighted by atomic mass is 9.85. The van der Waals surface area contributed by atoms with Crippen molar-refractivity contribution in [1.82, 2.24) is 40.3 Å². The van der Waals surface area contributed by atoms with Crippen molar-refractivity contribution in [3.05, 3.63) is 117 Å². The van der Waals surface area contributed by atoms with Crippen LogP contribution in [0.4, 0.5) is 5.69 Å². The minimum Gasteiger partial charge on any atom is -0.496 e. The molecule has 5 aromatic rings. The molecule has 3 fully saturated rings. The molecule has 3 aromatic carbocycles. The van der Waals surface area contributed by atoms with Gasteiger partial charge in [0.15, 0.2) is 0 Å². The highest BCUT2D eigenvalue weighted by molar-refractivity contribution is 7.70. The van der Waals surface area contributed by atoms with Gasteiger partial charge < -0.3 is 49.2 Å². The molecule has 0 bridgehead atoms. The number of thiazole rings is 1. The van der Waals surface area contributed by atoms with Gasteiger partial charge in [0.1, 0.15) is 44.0 Å². The van der Waals surface area contributed by atoms with E-state index in [1.807, 2.05) is 86.6 Å². The number of rotatable bonds is 21.